The van der Waals surface area contributed by atoms with Crippen molar-refractivity contribution < 1.29 is 9.47 Å². The maximum atomic E-state index is 5.84. The summed E-state index contributed by atoms with van der Waals surface area (Å²) in [4.78, 5) is 14.3. The summed E-state index contributed by atoms with van der Waals surface area (Å²) in [6.07, 6.45) is 0.872. The Hall–Kier alpha value is -1.14. The summed E-state index contributed by atoms with van der Waals surface area (Å²) < 4.78 is 10.9. The highest BCUT2D eigenvalue weighted by Crippen LogP contribution is 2.13. The van der Waals surface area contributed by atoms with E-state index >= 15 is 0 Å². The van der Waals surface area contributed by atoms with E-state index in [9.17, 15) is 0 Å². The van der Waals surface area contributed by atoms with Crippen LogP contribution in [0.5, 0.6) is 12.0 Å². The Kier molecular flexibility index (Phi) is 7.67. The summed E-state index contributed by atoms with van der Waals surface area (Å²) in [5.41, 5.74) is 0. The first-order chi connectivity index (χ1) is 9.93. The van der Waals surface area contributed by atoms with Crippen molar-refractivity contribution in [2.75, 3.05) is 19.8 Å². The molecule has 0 amide bonds. The Morgan fingerprint density at radius 3 is 1.95 bits per heavy atom. The van der Waals surface area contributed by atoms with E-state index in [2.05, 4.69) is 47.5 Å². The van der Waals surface area contributed by atoms with Gasteiger partial charge in [0.2, 0.25) is 5.28 Å². The first-order valence-corrected chi connectivity index (χ1v) is 7.74. The Morgan fingerprint density at radius 2 is 1.48 bits per heavy atom. The van der Waals surface area contributed by atoms with Crippen molar-refractivity contribution in [2.24, 2.45) is 0 Å². The Balaban J connectivity index is 2.56. The second-order valence-corrected chi connectivity index (χ2v) is 5.63. The van der Waals surface area contributed by atoms with Crippen LogP contribution in [0.4, 0.5) is 0 Å². The normalized spacial score (nSPS) is 11.5. The standard InChI is InChI=1S/C14H25ClN4O2/c1-6-8-20-13-16-12(15)17-14(18-13)21-9-7-19(10(2)3)11(4)5/h10-11H,6-9H2,1-5H3. The molecule has 0 aliphatic carbocycles. The molecule has 0 saturated heterocycles. The Morgan fingerprint density at radius 1 is 0.952 bits per heavy atom. The number of nitrogens with zero attached hydrogens (tertiary/aromatic N) is 4. The van der Waals surface area contributed by atoms with Crippen LogP contribution in [0.25, 0.3) is 0 Å². The van der Waals surface area contributed by atoms with E-state index in [0.29, 0.717) is 25.3 Å². The molecule has 120 valence electrons. The van der Waals surface area contributed by atoms with E-state index in [0.717, 1.165) is 13.0 Å². The van der Waals surface area contributed by atoms with Crippen LogP contribution >= 0.6 is 11.6 Å². The number of hydrogen-bond acceptors (Lipinski definition) is 6. The molecule has 0 unspecified atom stereocenters. The zero-order valence-electron chi connectivity index (χ0n) is 13.5. The van der Waals surface area contributed by atoms with Crippen LogP contribution in [0.3, 0.4) is 0 Å². The molecule has 0 aliphatic heterocycles. The topological polar surface area (TPSA) is 60.4 Å². The highest BCUT2D eigenvalue weighted by Gasteiger charge is 2.14. The predicted molar refractivity (Wildman–Crippen MR) is 83.1 cm³/mol. The van der Waals surface area contributed by atoms with Gasteiger partial charge in [0, 0.05) is 18.6 Å². The number of ether oxygens (including phenoxy) is 2. The van der Waals surface area contributed by atoms with Crippen molar-refractivity contribution in [2.45, 2.75) is 53.1 Å². The molecule has 0 radical (unpaired) electrons. The molecule has 0 atom stereocenters. The molecular formula is C14H25ClN4O2. The smallest absolute Gasteiger partial charge is 0.323 e. The summed E-state index contributed by atoms with van der Waals surface area (Å²) in [6, 6.07) is 1.32. The average Bonchev–Trinajstić information content (AvgIpc) is 2.40. The molecular weight excluding hydrogens is 292 g/mol. The van der Waals surface area contributed by atoms with Gasteiger partial charge in [-0.2, -0.15) is 9.97 Å². The molecule has 0 spiro atoms. The average molecular weight is 317 g/mol. The number of halogens is 1. The van der Waals surface area contributed by atoms with E-state index in [-0.39, 0.29) is 17.3 Å². The molecule has 1 heterocycles. The molecule has 0 bridgehead atoms. The van der Waals surface area contributed by atoms with Crippen molar-refractivity contribution in [3.63, 3.8) is 0 Å². The predicted octanol–water partition coefficient (Wildman–Crippen LogP) is 2.81. The summed E-state index contributed by atoms with van der Waals surface area (Å²) in [7, 11) is 0. The molecule has 1 rings (SSSR count). The van der Waals surface area contributed by atoms with Crippen LogP contribution in [0.1, 0.15) is 41.0 Å². The third kappa shape index (κ3) is 6.44. The van der Waals surface area contributed by atoms with Crippen LogP contribution in [-0.4, -0.2) is 51.7 Å². The largest absolute Gasteiger partial charge is 0.463 e. The molecule has 0 fully saturated rings. The summed E-state index contributed by atoms with van der Waals surface area (Å²) in [6.45, 7) is 12.5. The van der Waals surface area contributed by atoms with Gasteiger partial charge in [-0.3, -0.25) is 4.90 Å². The minimum absolute atomic E-state index is 0.0793. The third-order valence-corrected chi connectivity index (χ3v) is 3.08. The van der Waals surface area contributed by atoms with Crippen molar-refractivity contribution in [3.05, 3.63) is 5.28 Å². The highest BCUT2D eigenvalue weighted by atomic mass is 35.5. The molecule has 21 heavy (non-hydrogen) atoms. The maximum absolute atomic E-state index is 5.84. The Bertz CT molecular complexity index is 421. The van der Waals surface area contributed by atoms with E-state index in [1.165, 1.54) is 0 Å². The lowest BCUT2D eigenvalue weighted by molar-refractivity contribution is 0.137. The van der Waals surface area contributed by atoms with Crippen LogP contribution in [0, 0.1) is 0 Å². The van der Waals surface area contributed by atoms with Gasteiger partial charge < -0.3 is 9.47 Å². The van der Waals surface area contributed by atoms with Crippen LogP contribution in [-0.2, 0) is 0 Å². The number of hydrogen-bond donors (Lipinski definition) is 0. The minimum atomic E-state index is 0.0793. The van der Waals surface area contributed by atoms with Gasteiger partial charge in [0.25, 0.3) is 0 Å². The van der Waals surface area contributed by atoms with Crippen molar-refractivity contribution in [3.8, 4) is 12.0 Å². The molecule has 1 aromatic heterocycles. The fraction of sp³-hybridized carbons (Fsp3) is 0.786. The number of aromatic nitrogens is 3. The molecule has 0 saturated carbocycles. The third-order valence-electron chi connectivity index (χ3n) is 2.91. The first-order valence-electron chi connectivity index (χ1n) is 7.37. The number of rotatable bonds is 9. The second kappa shape index (κ2) is 9.00. The van der Waals surface area contributed by atoms with Gasteiger partial charge >= 0.3 is 12.0 Å². The van der Waals surface area contributed by atoms with E-state index < -0.39 is 0 Å². The lowest BCUT2D eigenvalue weighted by Gasteiger charge is -2.30. The van der Waals surface area contributed by atoms with Crippen LogP contribution in [0.2, 0.25) is 5.28 Å². The van der Waals surface area contributed by atoms with Crippen LogP contribution in [0.15, 0.2) is 0 Å². The molecule has 1 aromatic rings. The van der Waals surface area contributed by atoms with Gasteiger partial charge in [-0.25, -0.2) is 0 Å². The van der Waals surface area contributed by atoms with Crippen molar-refractivity contribution >= 4 is 11.6 Å². The minimum Gasteiger partial charge on any atom is -0.463 e. The summed E-state index contributed by atoms with van der Waals surface area (Å²) >= 11 is 5.84. The molecule has 7 heteroatoms. The van der Waals surface area contributed by atoms with Crippen molar-refractivity contribution in [1.82, 2.24) is 19.9 Å². The molecule has 0 N–H and O–H groups in total. The van der Waals surface area contributed by atoms with Gasteiger partial charge in [0.1, 0.15) is 6.61 Å². The van der Waals surface area contributed by atoms with Gasteiger partial charge in [-0.15, -0.1) is 4.98 Å². The van der Waals surface area contributed by atoms with Crippen LogP contribution < -0.4 is 9.47 Å². The van der Waals surface area contributed by atoms with E-state index in [1.807, 2.05) is 6.92 Å². The van der Waals surface area contributed by atoms with Gasteiger partial charge in [-0.1, -0.05) is 6.92 Å². The summed E-state index contributed by atoms with van der Waals surface area (Å²) in [5.74, 6) is 0. The van der Waals surface area contributed by atoms with Crippen molar-refractivity contribution in [1.29, 1.82) is 0 Å². The lowest BCUT2D eigenvalue weighted by atomic mass is 10.2. The maximum Gasteiger partial charge on any atom is 0.323 e. The SMILES string of the molecule is CCCOc1nc(Cl)nc(OCCN(C(C)C)C(C)C)n1. The fourth-order valence-electron chi connectivity index (χ4n) is 1.99. The zero-order chi connectivity index (χ0) is 15.8. The quantitative estimate of drug-likeness (QED) is 0.698. The first kappa shape index (κ1) is 17.9. The lowest BCUT2D eigenvalue weighted by Crippen LogP contribution is -2.39. The monoisotopic (exact) mass is 316 g/mol. The molecule has 0 aromatic carbocycles. The fourth-order valence-corrected chi connectivity index (χ4v) is 2.14. The van der Waals surface area contributed by atoms with E-state index in [4.69, 9.17) is 21.1 Å². The second-order valence-electron chi connectivity index (χ2n) is 5.29. The molecule has 6 nitrogen and oxygen atoms in total. The Labute approximate surface area is 131 Å². The zero-order valence-corrected chi connectivity index (χ0v) is 14.2. The molecule has 0 aliphatic rings. The highest BCUT2D eigenvalue weighted by molar-refractivity contribution is 6.28. The van der Waals surface area contributed by atoms with E-state index in [1.54, 1.807) is 0 Å². The van der Waals surface area contributed by atoms with Gasteiger partial charge in [0.05, 0.1) is 6.61 Å². The summed E-state index contributed by atoms with van der Waals surface area (Å²) in [5, 5.41) is 0.0793. The van der Waals surface area contributed by atoms with Gasteiger partial charge in [-0.05, 0) is 45.7 Å². The van der Waals surface area contributed by atoms with Gasteiger partial charge in [0.15, 0.2) is 0 Å².